The molecule has 14 heavy (non-hydrogen) atoms. The van der Waals surface area contributed by atoms with E-state index >= 15 is 0 Å². The van der Waals surface area contributed by atoms with Crippen LogP contribution >= 0.6 is 0 Å². The first-order chi connectivity index (χ1) is 6.61. The molecule has 1 rings (SSSR count). The number of nitrogens with zero attached hydrogens (tertiary/aromatic N) is 1. The monoisotopic (exact) mass is 191 g/mol. The molecule has 0 saturated carbocycles. The number of phenols is 1. The van der Waals surface area contributed by atoms with E-state index in [0.717, 1.165) is 11.1 Å². The molecule has 3 heteroatoms. The van der Waals surface area contributed by atoms with Gasteiger partial charge in [-0.2, -0.15) is 5.26 Å². The third kappa shape index (κ3) is 1.64. The lowest BCUT2D eigenvalue weighted by Crippen LogP contribution is -1.95. The molecule has 3 nitrogen and oxygen atoms in total. The molecule has 1 N–H and O–H groups in total. The quantitative estimate of drug-likeness (QED) is 0.778. The molecule has 0 atom stereocenters. The number of aryl methyl sites for hydroxylation is 2. The summed E-state index contributed by atoms with van der Waals surface area (Å²) in [4.78, 5) is 0. The molecule has 1 aromatic carbocycles. The standard InChI is InChI=1S/C11H13NO2/c1-7-6-8(2)11(14-3)10(13)9(7)4-5-12/h6,13H,4H2,1-3H3. The summed E-state index contributed by atoms with van der Waals surface area (Å²) in [7, 11) is 1.51. The lowest BCUT2D eigenvalue weighted by molar-refractivity contribution is 0.368. The van der Waals surface area contributed by atoms with Gasteiger partial charge in [0.2, 0.25) is 0 Å². The molecule has 0 saturated heterocycles. The average molecular weight is 191 g/mol. The minimum Gasteiger partial charge on any atom is -0.504 e. The van der Waals surface area contributed by atoms with Gasteiger partial charge in [0.05, 0.1) is 19.6 Å². The summed E-state index contributed by atoms with van der Waals surface area (Å²) in [6.07, 6.45) is 0.203. The summed E-state index contributed by atoms with van der Waals surface area (Å²) >= 11 is 0. The minimum absolute atomic E-state index is 0.0894. The maximum atomic E-state index is 9.81. The summed E-state index contributed by atoms with van der Waals surface area (Å²) in [6.45, 7) is 3.74. The first-order valence-electron chi connectivity index (χ1n) is 4.34. The Kier molecular flexibility index (Phi) is 2.98. The number of hydrogen-bond acceptors (Lipinski definition) is 3. The van der Waals surface area contributed by atoms with Crippen LogP contribution in [0.15, 0.2) is 6.07 Å². The smallest absolute Gasteiger partial charge is 0.163 e. The summed E-state index contributed by atoms with van der Waals surface area (Å²) in [6, 6.07) is 3.93. The molecule has 74 valence electrons. The SMILES string of the molecule is COc1c(C)cc(C)c(CC#N)c1O. The molecule has 0 radical (unpaired) electrons. The van der Waals surface area contributed by atoms with E-state index in [0.29, 0.717) is 11.3 Å². The maximum Gasteiger partial charge on any atom is 0.163 e. The summed E-state index contributed by atoms with van der Waals surface area (Å²) in [5.41, 5.74) is 2.45. The molecular formula is C11H13NO2. The van der Waals surface area contributed by atoms with Crippen LogP contribution in [0.25, 0.3) is 0 Å². The molecule has 0 heterocycles. The number of nitriles is 1. The molecule has 0 amide bonds. The van der Waals surface area contributed by atoms with E-state index in [1.807, 2.05) is 26.0 Å². The molecule has 0 fully saturated rings. The van der Waals surface area contributed by atoms with Crippen molar-refractivity contribution in [3.63, 3.8) is 0 Å². The van der Waals surface area contributed by atoms with Crippen molar-refractivity contribution in [2.75, 3.05) is 7.11 Å². The third-order valence-corrected chi connectivity index (χ3v) is 2.23. The summed E-state index contributed by atoms with van der Waals surface area (Å²) in [5, 5.41) is 18.4. The Morgan fingerprint density at radius 1 is 1.43 bits per heavy atom. The Hall–Kier alpha value is -1.69. The zero-order valence-corrected chi connectivity index (χ0v) is 8.59. The molecule has 0 bridgehead atoms. The van der Waals surface area contributed by atoms with Gasteiger partial charge in [-0.1, -0.05) is 6.07 Å². The van der Waals surface area contributed by atoms with Gasteiger partial charge in [0.15, 0.2) is 11.5 Å². The Labute approximate surface area is 83.6 Å². The highest BCUT2D eigenvalue weighted by Crippen LogP contribution is 2.35. The zero-order valence-electron chi connectivity index (χ0n) is 8.59. The number of ether oxygens (including phenoxy) is 1. The van der Waals surface area contributed by atoms with Crippen molar-refractivity contribution in [1.82, 2.24) is 0 Å². The Balaban J connectivity index is 3.37. The highest BCUT2D eigenvalue weighted by molar-refractivity contribution is 5.54. The lowest BCUT2D eigenvalue weighted by atomic mass is 10.0. The van der Waals surface area contributed by atoms with Crippen LogP contribution in [-0.4, -0.2) is 12.2 Å². The van der Waals surface area contributed by atoms with Crippen molar-refractivity contribution in [3.05, 3.63) is 22.8 Å². The van der Waals surface area contributed by atoms with E-state index in [-0.39, 0.29) is 12.2 Å². The van der Waals surface area contributed by atoms with Crippen LogP contribution in [-0.2, 0) is 6.42 Å². The van der Waals surface area contributed by atoms with Crippen LogP contribution in [0.3, 0.4) is 0 Å². The Bertz CT molecular complexity index is 391. The lowest BCUT2D eigenvalue weighted by Gasteiger charge is -2.12. The molecule has 0 aromatic heterocycles. The van der Waals surface area contributed by atoms with Crippen molar-refractivity contribution in [2.24, 2.45) is 0 Å². The van der Waals surface area contributed by atoms with Crippen molar-refractivity contribution < 1.29 is 9.84 Å². The third-order valence-electron chi connectivity index (χ3n) is 2.23. The molecule has 1 aromatic rings. The van der Waals surface area contributed by atoms with Gasteiger partial charge in [-0.05, 0) is 25.0 Å². The Morgan fingerprint density at radius 2 is 2.07 bits per heavy atom. The average Bonchev–Trinajstić information content (AvgIpc) is 2.12. The number of rotatable bonds is 2. The van der Waals surface area contributed by atoms with E-state index in [1.165, 1.54) is 7.11 Å². The second-order valence-electron chi connectivity index (χ2n) is 3.21. The highest BCUT2D eigenvalue weighted by atomic mass is 16.5. The predicted octanol–water partition coefficient (Wildman–Crippen LogP) is 2.08. The van der Waals surface area contributed by atoms with Crippen molar-refractivity contribution >= 4 is 0 Å². The van der Waals surface area contributed by atoms with Crippen LogP contribution in [0.5, 0.6) is 11.5 Å². The van der Waals surface area contributed by atoms with E-state index in [9.17, 15) is 5.11 Å². The first kappa shape index (κ1) is 10.4. The number of hydrogen-bond donors (Lipinski definition) is 1. The van der Waals surface area contributed by atoms with E-state index in [4.69, 9.17) is 10.00 Å². The van der Waals surface area contributed by atoms with Gasteiger partial charge >= 0.3 is 0 Å². The fourth-order valence-electron chi connectivity index (χ4n) is 1.55. The van der Waals surface area contributed by atoms with Crippen LogP contribution < -0.4 is 4.74 Å². The molecule has 0 aliphatic heterocycles. The summed E-state index contributed by atoms with van der Waals surface area (Å²) in [5.74, 6) is 0.549. The minimum atomic E-state index is 0.0894. The van der Waals surface area contributed by atoms with Gasteiger partial charge in [-0.15, -0.1) is 0 Å². The van der Waals surface area contributed by atoms with E-state index < -0.39 is 0 Å². The van der Waals surface area contributed by atoms with Crippen LogP contribution in [0.4, 0.5) is 0 Å². The molecule has 0 aliphatic rings. The second-order valence-corrected chi connectivity index (χ2v) is 3.21. The van der Waals surface area contributed by atoms with Crippen molar-refractivity contribution in [2.45, 2.75) is 20.3 Å². The van der Waals surface area contributed by atoms with Gasteiger partial charge in [0, 0.05) is 5.56 Å². The largest absolute Gasteiger partial charge is 0.504 e. The van der Waals surface area contributed by atoms with Gasteiger partial charge < -0.3 is 9.84 Å². The Morgan fingerprint density at radius 3 is 2.57 bits per heavy atom. The van der Waals surface area contributed by atoms with Gasteiger partial charge in [-0.25, -0.2) is 0 Å². The van der Waals surface area contributed by atoms with E-state index in [2.05, 4.69) is 0 Å². The zero-order chi connectivity index (χ0) is 10.7. The highest BCUT2D eigenvalue weighted by Gasteiger charge is 2.13. The molecule has 0 aliphatic carbocycles. The maximum absolute atomic E-state index is 9.81. The fraction of sp³-hybridized carbons (Fsp3) is 0.364. The van der Waals surface area contributed by atoms with Gasteiger partial charge in [0.25, 0.3) is 0 Å². The van der Waals surface area contributed by atoms with Crippen molar-refractivity contribution in [3.8, 4) is 17.6 Å². The predicted molar refractivity (Wildman–Crippen MR) is 53.4 cm³/mol. The van der Waals surface area contributed by atoms with Crippen LogP contribution in [0, 0.1) is 25.2 Å². The topological polar surface area (TPSA) is 53.2 Å². The normalized spacial score (nSPS) is 9.57. The van der Waals surface area contributed by atoms with Crippen LogP contribution in [0.2, 0.25) is 0 Å². The first-order valence-corrected chi connectivity index (χ1v) is 4.34. The number of phenolic OH excluding ortho intramolecular Hbond substituents is 1. The summed E-state index contributed by atoms with van der Waals surface area (Å²) < 4.78 is 5.06. The fourth-order valence-corrected chi connectivity index (χ4v) is 1.55. The van der Waals surface area contributed by atoms with Gasteiger partial charge in [0.1, 0.15) is 0 Å². The van der Waals surface area contributed by atoms with Crippen molar-refractivity contribution in [1.29, 1.82) is 5.26 Å². The molecule has 0 spiro atoms. The van der Waals surface area contributed by atoms with E-state index in [1.54, 1.807) is 0 Å². The number of benzene rings is 1. The number of aromatic hydroxyl groups is 1. The number of methoxy groups -OCH3 is 1. The molecular weight excluding hydrogens is 178 g/mol. The van der Waals surface area contributed by atoms with Crippen LogP contribution in [0.1, 0.15) is 16.7 Å². The van der Waals surface area contributed by atoms with Gasteiger partial charge in [-0.3, -0.25) is 0 Å². The second kappa shape index (κ2) is 4.01. The molecule has 0 unspecified atom stereocenters.